The lowest BCUT2D eigenvalue weighted by Crippen LogP contribution is -2.34. The molecule has 0 unspecified atom stereocenters. The van der Waals surface area contributed by atoms with Crippen molar-refractivity contribution in [3.05, 3.63) is 42.0 Å². The molecule has 0 N–H and O–H groups in total. The van der Waals surface area contributed by atoms with Gasteiger partial charge >= 0.3 is 41.8 Å². The van der Waals surface area contributed by atoms with Gasteiger partial charge in [-0.1, -0.05) is 44.9 Å². The monoisotopic (exact) mass is 1010 g/mol. The molecule has 14 nitrogen and oxygen atoms in total. The summed E-state index contributed by atoms with van der Waals surface area (Å²) in [5.74, 6) is -1.22. The number of hydrogen-bond donors (Lipinski definition) is 0. The highest BCUT2D eigenvalue weighted by Crippen LogP contribution is 2.38. The molecule has 14 heteroatoms. The first-order chi connectivity index (χ1) is 35.4. The second-order valence-corrected chi connectivity index (χ2v) is 21.9. The van der Waals surface area contributed by atoms with Crippen molar-refractivity contribution in [3.8, 4) is 11.5 Å². The van der Waals surface area contributed by atoms with Gasteiger partial charge in [0.15, 0.2) is 0 Å². The first kappa shape index (κ1) is 55.7. The van der Waals surface area contributed by atoms with E-state index in [0.717, 1.165) is 64.2 Å². The van der Waals surface area contributed by atoms with E-state index in [-0.39, 0.29) is 96.0 Å². The number of rotatable bonds is 18. The van der Waals surface area contributed by atoms with Crippen molar-refractivity contribution in [2.75, 3.05) is 6.61 Å². The normalized spacial score (nSPS) is 30.9. The standard InChI is InChI=1S/C59H82O14/c1-4-38-11-15-40(16-12-38)54(61)68-47-27-19-42(20-28-47)56(63)70-49-31-23-44(24-32-49)58(65)72-51-35-36-52(46(37-51)9-7-8-10-53(60)67-6-3)73-59(66)45-25-33-50(34-26-45)71-57(64)43-21-29-48(30-22-43)69-55(62)41-17-13-39(5-2)14-18-41/h7-10,35-45,47-50H,4-6,11-34H2,1-3H3/b9-7+,10-8+/t38?,39-,40?,41-,42?,43-,44?,45?,47?,48-,49?,50?. The minimum atomic E-state index is -0.502. The van der Waals surface area contributed by atoms with Gasteiger partial charge in [-0.2, -0.15) is 0 Å². The molecular weight excluding hydrogens is 933 g/mol. The van der Waals surface area contributed by atoms with Crippen LogP contribution in [0.15, 0.2) is 36.4 Å². The lowest BCUT2D eigenvalue weighted by atomic mass is 9.81. The van der Waals surface area contributed by atoms with Crippen LogP contribution in [0, 0.1) is 47.3 Å². The van der Waals surface area contributed by atoms with Crippen LogP contribution in [0.3, 0.4) is 0 Å². The van der Waals surface area contributed by atoms with Gasteiger partial charge in [-0.15, -0.1) is 0 Å². The van der Waals surface area contributed by atoms with Crippen LogP contribution in [0.5, 0.6) is 11.5 Å². The summed E-state index contributed by atoms with van der Waals surface area (Å²) in [5.41, 5.74) is 0.454. The third-order valence-electron chi connectivity index (χ3n) is 17.0. The van der Waals surface area contributed by atoms with Gasteiger partial charge in [0.25, 0.3) is 0 Å². The first-order valence-electron chi connectivity index (χ1n) is 28.3. The maximum absolute atomic E-state index is 13.6. The molecule has 73 heavy (non-hydrogen) atoms. The van der Waals surface area contributed by atoms with Gasteiger partial charge in [0.2, 0.25) is 0 Å². The molecule has 0 radical (unpaired) electrons. The lowest BCUT2D eigenvalue weighted by molar-refractivity contribution is -0.164. The zero-order valence-corrected chi connectivity index (χ0v) is 43.8. The Balaban J connectivity index is 0.829. The summed E-state index contributed by atoms with van der Waals surface area (Å²) in [7, 11) is 0. The van der Waals surface area contributed by atoms with Gasteiger partial charge in [0.1, 0.15) is 35.9 Å². The van der Waals surface area contributed by atoms with E-state index in [1.54, 1.807) is 37.3 Å². The molecule has 0 saturated heterocycles. The fourth-order valence-electron chi connectivity index (χ4n) is 12.0. The van der Waals surface area contributed by atoms with Crippen molar-refractivity contribution >= 4 is 47.9 Å². The summed E-state index contributed by atoms with van der Waals surface area (Å²) >= 11 is 0. The van der Waals surface area contributed by atoms with E-state index in [4.69, 9.17) is 33.2 Å². The van der Waals surface area contributed by atoms with Crippen LogP contribution in [0.2, 0.25) is 0 Å². The van der Waals surface area contributed by atoms with Crippen LogP contribution in [0.1, 0.15) is 193 Å². The molecule has 402 valence electrons. The summed E-state index contributed by atoms with van der Waals surface area (Å²) in [4.78, 5) is 91.1. The summed E-state index contributed by atoms with van der Waals surface area (Å²) in [6.45, 7) is 6.37. The Bertz CT molecular complexity index is 2060. The van der Waals surface area contributed by atoms with Gasteiger partial charge in [0, 0.05) is 11.6 Å². The third kappa shape index (κ3) is 16.7. The number of carbonyl (C=O) groups excluding carboxylic acids is 7. The molecule has 7 rings (SSSR count). The van der Waals surface area contributed by atoms with Crippen molar-refractivity contribution in [3.63, 3.8) is 0 Å². The number of allylic oxidation sites excluding steroid dienone is 2. The fraction of sp³-hybridized carbons (Fsp3) is 0.712. The lowest BCUT2D eigenvalue weighted by Gasteiger charge is -2.32. The molecule has 0 aromatic heterocycles. The van der Waals surface area contributed by atoms with Crippen molar-refractivity contribution < 1.29 is 66.7 Å². The van der Waals surface area contributed by atoms with Gasteiger partial charge in [-0.05, 0) is 191 Å². The largest absolute Gasteiger partial charge is 0.463 e. The molecule has 0 aliphatic heterocycles. The van der Waals surface area contributed by atoms with Crippen LogP contribution in [-0.4, -0.2) is 72.8 Å². The molecule has 0 bridgehead atoms. The molecule has 0 amide bonds. The van der Waals surface area contributed by atoms with Crippen molar-refractivity contribution in [1.29, 1.82) is 0 Å². The van der Waals surface area contributed by atoms with Crippen molar-refractivity contribution in [1.82, 2.24) is 0 Å². The van der Waals surface area contributed by atoms with Crippen LogP contribution in [0.4, 0.5) is 0 Å². The Kier molecular flexibility index (Phi) is 21.4. The van der Waals surface area contributed by atoms with E-state index in [2.05, 4.69) is 13.8 Å². The Morgan fingerprint density at radius 2 is 0.767 bits per heavy atom. The summed E-state index contributed by atoms with van der Waals surface area (Å²) in [5, 5.41) is 0. The van der Waals surface area contributed by atoms with E-state index in [9.17, 15) is 33.6 Å². The average molecular weight is 1020 g/mol. The highest BCUT2D eigenvalue weighted by molar-refractivity contribution is 5.83. The second-order valence-electron chi connectivity index (χ2n) is 21.9. The van der Waals surface area contributed by atoms with E-state index in [0.29, 0.717) is 120 Å². The van der Waals surface area contributed by atoms with Gasteiger partial charge in [-0.3, -0.25) is 28.8 Å². The number of ether oxygens (including phenoxy) is 7. The van der Waals surface area contributed by atoms with E-state index in [1.165, 1.54) is 12.2 Å². The highest BCUT2D eigenvalue weighted by Gasteiger charge is 2.38. The molecule has 0 heterocycles. The maximum Gasteiger partial charge on any atom is 0.330 e. The Morgan fingerprint density at radius 1 is 0.425 bits per heavy atom. The molecule has 6 aliphatic rings. The van der Waals surface area contributed by atoms with Gasteiger partial charge in [0.05, 0.1) is 42.1 Å². The predicted molar refractivity (Wildman–Crippen MR) is 271 cm³/mol. The summed E-state index contributed by atoms with van der Waals surface area (Å²) < 4.78 is 40.5. The quantitative estimate of drug-likeness (QED) is 0.0445. The fourth-order valence-corrected chi connectivity index (χ4v) is 12.0. The van der Waals surface area contributed by atoms with Crippen LogP contribution < -0.4 is 9.47 Å². The smallest absolute Gasteiger partial charge is 0.330 e. The summed E-state index contributed by atoms with van der Waals surface area (Å²) in [6.07, 6.45) is 24.7. The second kappa shape index (κ2) is 28.0. The van der Waals surface area contributed by atoms with Crippen LogP contribution in [0.25, 0.3) is 6.08 Å². The van der Waals surface area contributed by atoms with Crippen molar-refractivity contribution in [2.45, 2.75) is 212 Å². The van der Waals surface area contributed by atoms with Crippen molar-refractivity contribution in [2.24, 2.45) is 47.3 Å². The predicted octanol–water partition coefficient (Wildman–Crippen LogP) is 11.5. The Hall–Kier alpha value is -5.01. The Morgan fingerprint density at radius 3 is 1.12 bits per heavy atom. The highest BCUT2D eigenvalue weighted by atomic mass is 16.6. The molecule has 6 aliphatic carbocycles. The number of benzene rings is 1. The number of carbonyl (C=O) groups is 7. The number of hydrogen-bond acceptors (Lipinski definition) is 14. The topological polar surface area (TPSA) is 184 Å². The third-order valence-corrected chi connectivity index (χ3v) is 17.0. The molecule has 1 aromatic rings. The minimum Gasteiger partial charge on any atom is -0.463 e. The SMILES string of the molecule is CCOC(=O)/C=C/C=C/c1cc(OC(=O)C2CCC(OC(=O)C3CCC(OC(=O)C4CCC(CC)CC4)CC3)CC2)ccc1OC(=O)C1CCC(OC(=O)[C@H]2CC[C@H](OC(=O)[C@H]3CC[C@H](CC)CC3)CC2)CC1. The van der Waals surface area contributed by atoms with E-state index >= 15 is 0 Å². The first-order valence-corrected chi connectivity index (χ1v) is 28.3. The van der Waals surface area contributed by atoms with E-state index < -0.39 is 23.8 Å². The van der Waals surface area contributed by atoms with Crippen LogP contribution >= 0.6 is 0 Å². The molecular formula is C59H82O14. The zero-order chi connectivity index (χ0) is 51.7. The molecule has 0 atom stereocenters. The molecule has 0 spiro atoms. The molecule has 6 saturated carbocycles. The molecule has 6 fully saturated rings. The van der Waals surface area contributed by atoms with E-state index in [1.807, 2.05) is 0 Å². The summed E-state index contributed by atoms with van der Waals surface area (Å²) in [6, 6.07) is 4.78. The van der Waals surface area contributed by atoms with Crippen LogP contribution in [-0.2, 0) is 57.2 Å². The number of esters is 7. The minimum absolute atomic E-state index is 0.00298. The zero-order valence-electron chi connectivity index (χ0n) is 43.8. The van der Waals surface area contributed by atoms with Gasteiger partial charge < -0.3 is 33.2 Å². The molecule has 1 aromatic carbocycles. The average Bonchev–Trinajstić information content (AvgIpc) is 3.41. The maximum atomic E-state index is 13.6. The van der Waals surface area contributed by atoms with Gasteiger partial charge in [-0.25, -0.2) is 4.79 Å². The Labute approximate surface area is 432 Å².